The predicted octanol–water partition coefficient (Wildman–Crippen LogP) is 4.80. The maximum absolute atomic E-state index is 12.5. The number of hydrogen-bond donors (Lipinski definition) is 0. The van der Waals surface area contributed by atoms with Gasteiger partial charge in [-0.15, -0.1) is 11.3 Å². The molecule has 20 heavy (non-hydrogen) atoms. The van der Waals surface area contributed by atoms with E-state index in [1.54, 1.807) is 19.2 Å². The van der Waals surface area contributed by atoms with Gasteiger partial charge in [-0.05, 0) is 41.1 Å². The average molecular weight is 351 g/mol. The number of hydrogen-bond acceptors (Lipinski definition) is 4. The van der Waals surface area contributed by atoms with Crippen molar-refractivity contribution in [1.29, 1.82) is 0 Å². The van der Waals surface area contributed by atoms with Crippen LogP contribution in [0.3, 0.4) is 0 Å². The molecule has 3 nitrogen and oxygen atoms in total. The van der Waals surface area contributed by atoms with E-state index in [4.69, 9.17) is 9.15 Å². The summed E-state index contributed by atoms with van der Waals surface area (Å²) in [5.41, 5.74) is 1.53. The molecule has 5 heteroatoms. The van der Waals surface area contributed by atoms with Crippen LogP contribution in [0.4, 0.5) is 0 Å². The number of thiophene rings is 1. The Morgan fingerprint density at radius 3 is 2.80 bits per heavy atom. The Morgan fingerprint density at radius 1 is 1.35 bits per heavy atom. The molecule has 0 saturated carbocycles. The van der Waals surface area contributed by atoms with Crippen molar-refractivity contribution >= 4 is 44.0 Å². The van der Waals surface area contributed by atoms with Gasteiger partial charge in [-0.1, -0.05) is 0 Å². The van der Waals surface area contributed by atoms with E-state index in [-0.39, 0.29) is 5.78 Å². The molecule has 3 aromatic rings. The molecule has 0 bridgehead atoms. The van der Waals surface area contributed by atoms with Crippen molar-refractivity contribution in [3.63, 3.8) is 0 Å². The van der Waals surface area contributed by atoms with Crippen molar-refractivity contribution in [2.45, 2.75) is 6.92 Å². The highest BCUT2D eigenvalue weighted by Gasteiger charge is 2.20. The summed E-state index contributed by atoms with van der Waals surface area (Å²) in [4.78, 5) is 13.1. The standard InChI is InChI=1S/C15H11BrO3S/c1-8-11-4-3-10(18-2)6-12(11)19-15(8)14(17)13-5-9(16)7-20-13/h3-7H,1-2H3. The molecule has 0 saturated heterocycles. The van der Waals surface area contributed by atoms with Crippen molar-refractivity contribution in [3.8, 4) is 5.75 Å². The van der Waals surface area contributed by atoms with Gasteiger partial charge < -0.3 is 9.15 Å². The fourth-order valence-corrected chi connectivity index (χ4v) is 3.46. The molecular formula is C15H11BrO3S. The summed E-state index contributed by atoms with van der Waals surface area (Å²) in [6, 6.07) is 7.37. The largest absolute Gasteiger partial charge is 0.497 e. The molecule has 102 valence electrons. The van der Waals surface area contributed by atoms with E-state index in [0.717, 1.165) is 15.4 Å². The van der Waals surface area contributed by atoms with Crippen molar-refractivity contribution in [1.82, 2.24) is 0 Å². The first-order valence-corrected chi connectivity index (χ1v) is 7.63. The van der Waals surface area contributed by atoms with Crippen LogP contribution in [-0.4, -0.2) is 12.9 Å². The minimum atomic E-state index is -0.0895. The Hall–Kier alpha value is -1.59. The molecule has 0 aliphatic heterocycles. The first kappa shape index (κ1) is 13.4. The lowest BCUT2D eigenvalue weighted by Gasteiger charge is -1.97. The highest BCUT2D eigenvalue weighted by atomic mass is 79.9. The second-order valence-electron chi connectivity index (χ2n) is 4.38. The lowest BCUT2D eigenvalue weighted by atomic mass is 10.1. The Balaban J connectivity index is 2.12. The summed E-state index contributed by atoms with van der Waals surface area (Å²) in [7, 11) is 1.60. The van der Waals surface area contributed by atoms with Gasteiger partial charge in [-0.2, -0.15) is 0 Å². The fraction of sp³-hybridized carbons (Fsp3) is 0.133. The highest BCUT2D eigenvalue weighted by Crippen LogP contribution is 2.31. The maximum atomic E-state index is 12.5. The number of halogens is 1. The van der Waals surface area contributed by atoms with Gasteiger partial charge in [-0.25, -0.2) is 0 Å². The number of benzene rings is 1. The Morgan fingerprint density at radius 2 is 2.15 bits per heavy atom. The van der Waals surface area contributed by atoms with Crippen molar-refractivity contribution in [3.05, 3.63) is 50.3 Å². The van der Waals surface area contributed by atoms with E-state index < -0.39 is 0 Å². The third-order valence-electron chi connectivity index (χ3n) is 3.14. The molecule has 0 unspecified atom stereocenters. The van der Waals surface area contributed by atoms with Crippen LogP contribution >= 0.6 is 27.3 Å². The van der Waals surface area contributed by atoms with Crippen LogP contribution in [0.15, 0.2) is 38.5 Å². The van der Waals surface area contributed by atoms with E-state index in [2.05, 4.69) is 15.9 Å². The molecule has 1 aromatic carbocycles. The molecular weight excluding hydrogens is 340 g/mol. The van der Waals surface area contributed by atoms with Gasteiger partial charge >= 0.3 is 0 Å². The van der Waals surface area contributed by atoms with Crippen LogP contribution in [-0.2, 0) is 0 Å². The number of ketones is 1. The molecule has 0 atom stereocenters. The highest BCUT2D eigenvalue weighted by molar-refractivity contribution is 9.10. The number of furan rings is 1. The lowest BCUT2D eigenvalue weighted by molar-refractivity contribution is 0.101. The fourth-order valence-electron chi connectivity index (χ4n) is 2.09. The van der Waals surface area contributed by atoms with Crippen LogP contribution in [0.5, 0.6) is 5.75 Å². The third kappa shape index (κ3) is 2.17. The quantitative estimate of drug-likeness (QED) is 0.636. The molecule has 0 spiro atoms. The number of carbonyl (C=O) groups excluding carboxylic acids is 1. The summed E-state index contributed by atoms with van der Waals surface area (Å²) in [5.74, 6) is 1.01. The van der Waals surface area contributed by atoms with Gasteiger partial charge in [-0.3, -0.25) is 4.79 Å². The van der Waals surface area contributed by atoms with E-state index in [1.807, 2.05) is 24.4 Å². The van der Waals surface area contributed by atoms with Gasteiger partial charge in [0.15, 0.2) is 5.76 Å². The van der Waals surface area contributed by atoms with Crippen LogP contribution in [0.1, 0.15) is 21.0 Å². The van der Waals surface area contributed by atoms with Gasteiger partial charge in [0.25, 0.3) is 0 Å². The summed E-state index contributed by atoms with van der Waals surface area (Å²) < 4.78 is 11.8. The monoisotopic (exact) mass is 350 g/mol. The molecule has 0 N–H and O–H groups in total. The summed E-state index contributed by atoms with van der Waals surface area (Å²) in [6.45, 7) is 1.90. The number of ether oxygens (including phenoxy) is 1. The van der Waals surface area contributed by atoms with Gasteiger partial charge in [0, 0.05) is 26.9 Å². The SMILES string of the molecule is COc1ccc2c(C)c(C(=O)c3cc(Br)cs3)oc2c1. The van der Waals surface area contributed by atoms with E-state index in [0.29, 0.717) is 22.0 Å². The Kier molecular flexibility index (Phi) is 3.40. The Bertz CT molecular complexity index is 801. The molecule has 3 rings (SSSR count). The summed E-state index contributed by atoms with van der Waals surface area (Å²) >= 11 is 4.75. The number of aryl methyl sites for hydroxylation is 1. The van der Waals surface area contributed by atoms with Crippen molar-refractivity contribution in [2.24, 2.45) is 0 Å². The first-order chi connectivity index (χ1) is 9.60. The van der Waals surface area contributed by atoms with Gasteiger partial charge in [0.2, 0.25) is 5.78 Å². The minimum Gasteiger partial charge on any atom is -0.497 e. The zero-order valence-corrected chi connectivity index (χ0v) is 13.3. The maximum Gasteiger partial charge on any atom is 0.238 e. The number of rotatable bonds is 3. The van der Waals surface area contributed by atoms with Crippen LogP contribution in [0, 0.1) is 6.92 Å². The van der Waals surface area contributed by atoms with Gasteiger partial charge in [0.05, 0.1) is 12.0 Å². The summed E-state index contributed by atoms with van der Waals surface area (Å²) in [5, 5.41) is 2.82. The molecule has 0 aliphatic rings. The van der Waals surface area contributed by atoms with E-state index >= 15 is 0 Å². The van der Waals surface area contributed by atoms with Gasteiger partial charge in [0.1, 0.15) is 11.3 Å². The zero-order valence-electron chi connectivity index (χ0n) is 10.9. The van der Waals surface area contributed by atoms with Crippen molar-refractivity contribution < 1.29 is 13.9 Å². The second-order valence-corrected chi connectivity index (χ2v) is 6.20. The molecule has 0 radical (unpaired) electrons. The van der Waals surface area contributed by atoms with Crippen LogP contribution in [0.25, 0.3) is 11.0 Å². The van der Waals surface area contributed by atoms with E-state index in [9.17, 15) is 4.79 Å². The first-order valence-electron chi connectivity index (χ1n) is 5.96. The zero-order chi connectivity index (χ0) is 14.3. The third-order valence-corrected chi connectivity index (χ3v) is 4.83. The smallest absolute Gasteiger partial charge is 0.238 e. The molecule has 0 aliphatic carbocycles. The topological polar surface area (TPSA) is 39.4 Å². The summed E-state index contributed by atoms with van der Waals surface area (Å²) in [6.07, 6.45) is 0. The normalized spacial score (nSPS) is 10.9. The average Bonchev–Trinajstić information content (AvgIpc) is 3.02. The number of fused-ring (bicyclic) bond motifs is 1. The Labute approximate surface area is 128 Å². The lowest BCUT2D eigenvalue weighted by Crippen LogP contribution is -1.98. The number of carbonyl (C=O) groups is 1. The molecule has 0 amide bonds. The van der Waals surface area contributed by atoms with Crippen molar-refractivity contribution in [2.75, 3.05) is 7.11 Å². The minimum absolute atomic E-state index is 0.0895. The molecule has 2 aromatic heterocycles. The molecule has 0 fully saturated rings. The predicted molar refractivity (Wildman–Crippen MR) is 83.0 cm³/mol. The van der Waals surface area contributed by atoms with Crippen LogP contribution in [0.2, 0.25) is 0 Å². The van der Waals surface area contributed by atoms with E-state index in [1.165, 1.54) is 11.3 Å². The second kappa shape index (κ2) is 5.07. The van der Waals surface area contributed by atoms with Crippen LogP contribution < -0.4 is 4.74 Å². The number of methoxy groups -OCH3 is 1. The molecule has 2 heterocycles.